The third-order valence-electron chi connectivity index (χ3n) is 3.04. The van der Waals surface area contributed by atoms with Crippen LogP contribution in [0.4, 0.5) is 18.9 Å². The van der Waals surface area contributed by atoms with Gasteiger partial charge in [-0.1, -0.05) is 34.1 Å². The summed E-state index contributed by atoms with van der Waals surface area (Å²) in [6.07, 6.45) is -7.16. The fourth-order valence-electron chi connectivity index (χ4n) is 2.13. The zero-order valence-corrected chi connectivity index (χ0v) is 13.7. The van der Waals surface area contributed by atoms with Crippen molar-refractivity contribution in [1.82, 2.24) is 0 Å². The van der Waals surface area contributed by atoms with Crippen LogP contribution in [0, 0.1) is 0 Å². The van der Waals surface area contributed by atoms with Crippen molar-refractivity contribution < 1.29 is 37.8 Å². The summed E-state index contributed by atoms with van der Waals surface area (Å²) in [5, 5.41) is 17.9. The van der Waals surface area contributed by atoms with Gasteiger partial charge in [0.05, 0.1) is 18.9 Å². The molecule has 1 rings (SSSR count). The lowest BCUT2D eigenvalue weighted by molar-refractivity contribution is -0.171. The van der Waals surface area contributed by atoms with E-state index < -0.39 is 42.9 Å². The molecule has 0 aliphatic carbocycles. The Morgan fingerprint density at radius 1 is 1.08 bits per heavy atom. The third kappa shape index (κ3) is 5.22. The molecule has 0 aliphatic heterocycles. The van der Waals surface area contributed by atoms with Gasteiger partial charge in [0.15, 0.2) is 0 Å². The molecule has 1 aromatic rings. The van der Waals surface area contributed by atoms with Gasteiger partial charge in [-0.05, 0) is 11.6 Å². The van der Waals surface area contributed by atoms with E-state index in [9.17, 15) is 27.6 Å². The minimum absolute atomic E-state index is 0.0949. The monoisotopic (exact) mass is 411 g/mol. The molecule has 0 radical (unpaired) electrons. The molecule has 10 heteroatoms. The van der Waals surface area contributed by atoms with Crippen molar-refractivity contribution >= 4 is 39.5 Å². The van der Waals surface area contributed by atoms with Crippen molar-refractivity contribution in [3.05, 3.63) is 29.8 Å². The largest absolute Gasteiger partial charge is 0.481 e. The van der Waals surface area contributed by atoms with Crippen LogP contribution in [-0.2, 0) is 19.7 Å². The van der Waals surface area contributed by atoms with Crippen molar-refractivity contribution in [3.63, 3.8) is 0 Å². The first kappa shape index (κ1) is 19.9. The molecular weight excluding hydrogens is 399 g/mol. The van der Waals surface area contributed by atoms with Crippen molar-refractivity contribution in [2.75, 3.05) is 4.90 Å². The maximum absolute atomic E-state index is 13.0. The van der Waals surface area contributed by atoms with Crippen LogP contribution in [-0.4, -0.2) is 40.3 Å². The number of hydrogen-bond acceptors (Lipinski definition) is 3. The summed E-state index contributed by atoms with van der Waals surface area (Å²) in [5.41, 5.74) is 0.0973. The Morgan fingerprint density at radius 3 is 2.00 bits per heavy atom. The smallest absolute Gasteiger partial charge is 0.471 e. The van der Waals surface area contributed by atoms with Gasteiger partial charge in [-0.3, -0.25) is 14.4 Å². The predicted molar refractivity (Wildman–Crippen MR) is 80.9 cm³/mol. The molecule has 0 saturated heterocycles. The van der Waals surface area contributed by atoms with E-state index in [1.165, 1.54) is 24.3 Å². The van der Waals surface area contributed by atoms with Gasteiger partial charge in [0.2, 0.25) is 0 Å². The zero-order chi connectivity index (χ0) is 18.5. The summed E-state index contributed by atoms with van der Waals surface area (Å²) < 4.78 is 38.9. The molecule has 0 saturated carbocycles. The quantitative estimate of drug-likeness (QED) is 0.672. The minimum atomic E-state index is -5.28. The second-order valence-electron chi connectivity index (χ2n) is 4.78. The second kappa shape index (κ2) is 8.13. The van der Waals surface area contributed by atoms with E-state index in [2.05, 4.69) is 15.9 Å². The van der Waals surface area contributed by atoms with E-state index >= 15 is 0 Å². The lowest BCUT2D eigenvalue weighted by Crippen LogP contribution is -2.49. The van der Waals surface area contributed by atoms with Gasteiger partial charge < -0.3 is 15.1 Å². The topological polar surface area (TPSA) is 94.9 Å². The standard InChI is InChI=1S/C14H13BrF3NO5/c15-7-8-3-1-2-4-10(8)19(13(24)14(16,17)18)9(5-11(20)21)6-12(22)23/h1-4,9H,5-7H2,(H,20,21)(H,22,23). The number of aliphatic carboxylic acids is 2. The fraction of sp³-hybridized carbons (Fsp3) is 0.357. The lowest BCUT2D eigenvalue weighted by Gasteiger charge is -2.32. The molecule has 1 amide bonds. The van der Waals surface area contributed by atoms with E-state index in [-0.39, 0.29) is 21.5 Å². The molecule has 132 valence electrons. The molecule has 0 heterocycles. The first-order valence-electron chi connectivity index (χ1n) is 6.55. The van der Waals surface area contributed by atoms with Crippen LogP contribution in [0.15, 0.2) is 24.3 Å². The molecule has 24 heavy (non-hydrogen) atoms. The van der Waals surface area contributed by atoms with Gasteiger partial charge in [0.25, 0.3) is 0 Å². The summed E-state index contributed by atoms with van der Waals surface area (Å²) in [5.74, 6) is -5.35. The number of hydrogen-bond donors (Lipinski definition) is 2. The highest BCUT2D eigenvalue weighted by atomic mass is 79.9. The lowest BCUT2D eigenvalue weighted by atomic mass is 10.0. The SMILES string of the molecule is O=C(O)CC(CC(=O)O)N(C(=O)C(F)(F)F)c1ccccc1CBr. The highest BCUT2D eigenvalue weighted by Gasteiger charge is 2.46. The average Bonchev–Trinajstić information content (AvgIpc) is 2.45. The number of carboxylic acid groups (broad SMARTS) is 2. The molecule has 0 atom stereocenters. The van der Waals surface area contributed by atoms with Crippen LogP contribution < -0.4 is 4.90 Å². The summed E-state index contributed by atoms with van der Waals surface area (Å²) in [7, 11) is 0. The summed E-state index contributed by atoms with van der Waals surface area (Å²) >= 11 is 3.08. The molecule has 0 spiro atoms. The highest BCUT2D eigenvalue weighted by molar-refractivity contribution is 9.08. The molecular formula is C14H13BrF3NO5. The number of carbonyl (C=O) groups excluding carboxylic acids is 1. The predicted octanol–water partition coefficient (Wildman–Crippen LogP) is 2.79. The van der Waals surface area contributed by atoms with E-state index in [1.807, 2.05) is 0 Å². The molecule has 0 aliphatic rings. The first-order valence-corrected chi connectivity index (χ1v) is 7.68. The molecule has 0 fully saturated rings. The van der Waals surface area contributed by atoms with Crippen molar-refractivity contribution in [2.45, 2.75) is 30.4 Å². The van der Waals surface area contributed by atoms with Crippen LogP contribution in [0.5, 0.6) is 0 Å². The Morgan fingerprint density at radius 2 is 1.58 bits per heavy atom. The Hall–Kier alpha value is -2.10. The minimum Gasteiger partial charge on any atom is -0.481 e. The number of para-hydroxylation sites is 1. The zero-order valence-electron chi connectivity index (χ0n) is 12.1. The third-order valence-corrected chi connectivity index (χ3v) is 3.65. The number of carbonyl (C=O) groups is 3. The molecule has 2 N–H and O–H groups in total. The summed E-state index contributed by atoms with van der Waals surface area (Å²) in [6.45, 7) is 0. The maximum atomic E-state index is 13.0. The van der Waals surface area contributed by atoms with Gasteiger partial charge in [-0.25, -0.2) is 0 Å². The van der Waals surface area contributed by atoms with Crippen molar-refractivity contribution in [2.24, 2.45) is 0 Å². The van der Waals surface area contributed by atoms with Gasteiger partial charge in [0.1, 0.15) is 0 Å². The van der Waals surface area contributed by atoms with Crippen LogP contribution >= 0.6 is 15.9 Å². The number of carboxylic acids is 2. The normalized spacial score (nSPS) is 11.4. The van der Waals surface area contributed by atoms with Crippen molar-refractivity contribution in [3.8, 4) is 0 Å². The number of benzene rings is 1. The van der Waals surface area contributed by atoms with Gasteiger partial charge in [0, 0.05) is 11.0 Å². The fourth-order valence-corrected chi connectivity index (χ4v) is 2.60. The van der Waals surface area contributed by atoms with E-state index in [0.717, 1.165) is 0 Å². The Bertz CT molecular complexity index is 619. The number of anilines is 1. The maximum Gasteiger partial charge on any atom is 0.471 e. The van der Waals surface area contributed by atoms with Crippen LogP contribution in [0.3, 0.4) is 0 Å². The highest BCUT2D eigenvalue weighted by Crippen LogP contribution is 2.31. The Kier molecular flexibility index (Phi) is 6.76. The molecule has 0 aromatic heterocycles. The number of amides is 1. The summed E-state index contributed by atoms with van der Waals surface area (Å²) in [4.78, 5) is 33.9. The average molecular weight is 412 g/mol. The number of halogens is 4. The van der Waals surface area contributed by atoms with E-state index in [0.29, 0.717) is 0 Å². The van der Waals surface area contributed by atoms with Gasteiger partial charge in [-0.2, -0.15) is 13.2 Å². The number of nitrogens with zero attached hydrogens (tertiary/aromatic N) is 1. The number of alkyl halides is 4. The van der Waals surface area contributed by atoms with Crippen LogP contribution in [0.2, 0.25) is 0 Å². The van der Waals surface area contributed by atoms with E-state index in [4.69, 9.17) is 10.2 Å². The Labute approximate surface area is 143 Å². The molecule has 6 nitrogen and oxygen atoms in total. The summed E-state index contributed by atoms with van der Waals surface area (Å²) in [6, 6.07) is 3.86. The van der Waals surface area contributed by atoms with E-state index in [1.54, 1.807) is 0 Å². The molecule has 1 aromatic carbocycles. The number of rotatable bonds is 7. The second-order valence-corrected chi connectivity index (χ2v) is 5.35. The molecule has 0 unspecified atom stereocenters. The Balaban J connectivity index is 3.47. The van der Waals surface area contributed by atoms with Crippen molar-refractivity contribution in [1.29, 1.82) is 0 Å². The van der Waals surface area contributed by atoms with Gasteiger partial charge in [-0.15, -0.1) is 0 Å². The van der Waals surface area contributed by atoms with Crippen LogP contribution in [0.1, 0.15) is 18.4 Å². The first-order chi connectivity index (χ1) is 11.1. The molecule has 0 bridgehead atoms. The van der Waals surface area contributed by atoms with Crippen LogP contribution in [0.25, 0.3) is 0 Å². The van der Waals surface area contributed by atoms with Gasteiger partial charge >= 0.3 is 24.0 Å².